The maximum Gasteiger partial charge on any atom is 0.330 e. The fraction of sp³-hybridized carbons (Fsp3) is 0.636. The summed E-state index contributed by atoms with van der Waals surface area (Å²) in [5.74, 6) is -0.703. The lowest BCUT2D eigenvalue weighted by Gasteiger charge is -2.17. The van der Waals surface area contributed by atoms with Gasteiger partial charge in [-0.05, 0) is 20.8 Å². The first-order valence-corrected chi connectivity index (χ1v) is 4.84. The molecule has 0 rings (SSSR count). The molecular formula is C11H18O4. The van der Waals surface area contributed by atoms with Crippen molar-refractivity contribution in [3.63, 3.8) is 0 Å². The highest BCUT2D eigenvalue weighted by atomic mass is 16.6. The van der Waals surface area contributed by atoms with Crippen LogP contribution >= 0.6 is 0 Å². The molecule has 15 heavy (non-hydrogen) atoms. The lowest BCUT2D eigenvalue weighted by atomic mass is 10.2. The van der Waals surface area contributed by atoms with Gasteiger partial charge in [0.25, 0.3) is 0 Å². The second-order valence-corrected chi connectivity index (χ2v) is 4.06. The highest BCUT2D eigenvalue weighted by Crippen LogP contribution is 2.07. The van der Waals surface area contributed by atoms with E-state index in [2.05, 4.69) is 4.74 Å². The largest absolute Gasteiger partial charge is 0.466 e. The van der Waals surface area contributed by atoms with E-state index < -0.39 is 5.60 Å². The fourth-order valence-corrected chi connectivity index (χ4v) is 0.786. The van der Waals surface area contributed by atoms with E-state index in [1.807, 2.05) is 0 Å². The molecule has 0 aliphatic rings. The number of rotatable bonds is 4. The number of hydrogen-bond donors (Lipinski definition) is 0. The van der Waals surface area contributed by atoms with Crippen LogP contribution in [0.4, 0.5) is 0 Å². The van der Waals surface area contributed by atoms with Gasteiger partial charge in [0.1, 0.15) is 5.60 Å². The third-order valence-corrected chi connectivity index (χ3v) is 1.25. The lowest BCUT2D eigenvalue weighted by molar-refractivity contribution is -0.148. The Morgan fingerprint density at radius 2 is 1.87 bits per heavy atom. The normalized spacial score (nSPS) is 11.5. The van der Waals surface area contributed by atoms with Crippen molar-refractivity contribution in [1.82, 2.24) is 0 Å². The molecular weight excluding hydrogens is 196 g/mol. The van der Waals surface area contributed by atoms with Crippen molar-refractivity contribution in [2.45, 2.75) is 39.7 Å². The van der Waals surface area contributed by atoms with E-state index in [0.717, 1.165) is 0 Å². The monoisotopic (exact) mass is 214 g/mol. The third-order valence-electron chi connectivity index (χ3n) is 1.25. The quantitative estimate of drug-likeness (QED) is 0.407. The average molecular weight is 214 g/mol. The standard InChI is InChI=1S/C11H18O4/c1-9(12)14-8-6-5-7-10(13)15-11(2,3)4/h5,7H,6,8H2,1-4H3/b7-5+. The molecule has 0 unspecified atom stereocenters. The SMILES string of the molecule is CC(=O)OCC/C=C/C(=O)OC(C)(C)C. The minimum Gasteiger partial charge on any atom is -0.466 e. The molecule has 0 bridgehead atoms. The summed E-state index contributed by atoms with van der Waals surface area (Å²) < 4.78 is 9.71. The Morgan fingerprint density at radius 3 is 2.33 bits per heavy atom. The summed E-state index contributed by atoms with van der Waals surface area (Å²) in [4.78, 5) is 21.5. The topological polar surface area (TPSA) is 52.6 Å². The lowest BCUT2D eigenvalue weighted by Crippen LogP contribution is -2.22. The van der Waals surface area contributed by atoms with Crippen LogP contribution in [-0.4, -0.2) is 24.1 Å². The molecule has 0 N–H and O–H groups in total. The number of hydrogen-bond acceptors (Lipinski definition) is 4. The molecule has 0 atom stereocenters. The molecule has 0 aromatic carbocycles. The molecule has 0 saturated heterocycles. The van der Waals surface area contributed by atoms with Gasteiger partial charge in [0, 0.05) is 19.4 Å². The third kappa shape index (κ3) is 10.6. The van der Waals surface area contributed by atoms with Crippen molar-refractivity contribution in [3.05, 3.63) is 12.2 Å². The van der Waals surface area contributed by atoms with Gasteiger partial charge in [-0.15, -0.1) is 0 Å². The molecule has 0 aromatic rings. The van der Waals surface area contributed by atoms with Crippen LogP contribution in [0.3, 0.4) is 0 Å². The Bertz CT molecular complexity index is 248. The van der Waals surface area contributed by atoms with Gasteiger partial charge in [0.2, 0.25) is 0 Å². The van der Waals surface area contributed by atoms with Crippen LogP contribution in [0.1, 0.15) is 34.1 Å². The van der Waals surface area contributed by atoms with Crippen molar-refractivity contribution in [2.75, 3.05) is 6.61 Å². The van der Waals surface area contributed by atoms with E-state index in [4.69, 9.17) is 4.74 Å². The zero-order valence-electron chi connectivity index (χ0n) is 9.70. The number of carbonyl (C=O) groups excluding carboxylic acids is 2. The zero-order valence-corrected chi connectivity index (χ0v) is 9.70. The van der Waals surface area contributed by atoms with Gasteiger partial charge >= 0.3 is 11.9 Å². The van der Waals surface area contributed by atoms with E-state index in [1.54, 1.807) is 26.8 Å². The van der Waals surface area contributed by atoms with E-state index in [9.17, 15) is 9.59 Å². The average Bonchev–Trinajstić information content (AvgIpc) is 1.99. The first kappa shape index (κ1) is 13.7. The summed E-state index contributed by atoms with van der Waals surface area (Å²) in [5, 5.41) is 0. The Kier molecular flexibility index (Phi) is 5.67. The van der Waals surface area contributed by atoms with Crippen molar-refractivity contribution in [1.29, 1.82) is 0 Å². The predicted molar refractivity (Wildman–Crippen MR) is 56.2 cm³/mol. The van der Waals surface area contributed by atoms with Crippen molar-refractivity contribution in [2.24, 2.45) is 0 Å². The smallest absolute Gasteiger partial charge is 0.330 e. The maximum absolute atomic E-state index is 11.1. The Labute approximate surface area is 90.2 Å². The Hall–Kier alpha value is -1.32. The predicted octanol–water partition coefficient (Wildman–Crippen LogP) is 1.84. The van der Waals surface area contributed by atoms with Crippen LogP contribution < -0.4 is 0 Å². The van der Waals surface area contributed by atoms with Gasteiger partial charge in [0.05, 0.1) is 6.61 Å². The molecule has 0 fully saturated rings. The van der Waals surface area contributed by atoms with Gasteiger partial charge in [-0.3, -0.25) is 4.79 Å². The minimum atomic E-state index is -0.475. The van der Waals surface area contributed by atoms with Gasteiger partial charge in [-0.25, -0.2) is 4.79 Å². The van der Waals surface area contributed by atoms with Gasteiger partial charge in [-0.2, -0.15) is 0 Å². The van der Waals surface area contributed by atoms with Gasteiger partial charge in [-0.1, -0.05) is 6.08 Å². The van der Waals surface area contributed by atoms with E-state index in [-0.39, 0.29) is 18.5 Å². The molecule has 0 aliphatic heterocycles. The first-order valence-electron chi connectivity index (χ1n) is 4.84. The summed E-state index contributed by atoms with van der Waals surface area (Å²) in [6, 6.07) is 0. The molecule has 0 aliphatic carbocycles. The summed E-state index contributed by atoms with van der Waals surface area (Å²) in [6.45, 7) is 7.04. The second kappa shape index (κ2) is 6.22. The van der Waals surface area contributed by atoms with E-state index >= 15 is 0 Å². The highest BCUT2D eigenvalue weighted by Gasteiger charge is 2.13. The van der Waals surface area contributed by atoms with Crippen LogP contribution in [0.5, 0.6) is 0 Å². The molecule has 0 heterocycles. The molecule has 86 valence electrons. The van der Waals surface area contributed by atoms with Gasteiger partial charge < -0.3 is 9.47 Å². The number of carbonyl (C=O) groups is 2. The van der Waals surface area contributed by atoms with Crippen LogP contribution in [0.15, 0.2) is 12.2 Å². The van der Waals surface area contributed by atoms with Crippen molar-refractivity contribution >= 4 is 11.9 Å². The molecule has 4 nitrogen and oxygen atoms in total. The fourth-order valence-electron chi connectivity index (χ4n) is 0.786. The van der Waals surface area contributed by atoms with Crippen LogP contribution in [0.2, 0.25) is 0 Å². The highest BCUT2D eigenvalue weighted by molar-refractivity contribution is 5.82. The summed E-state index contributed by atoms with van der Waals surface area (Å²) in [7, 11) is 0. The molecule has 0 spiro atoms. The first-order chi connectivity index (χ1) is 6.81. The van der Waals surface area contributed by atoms with E-state index in [1.165, 1.54) is 13.0 Å². The maximum atomic E-state index is 11.1. The molecule has 0 radical (unpaired) electrons. The van der Waals surface area contributed by atoms with Crippen LogP contribution in [-0.2, 0) is 19.1 Å². The second-order valence-electron chi connectivity index (χ2n) is 4.06. The summed E-state index contributed by atoms with van der Waals surface area (Å²) in [6.07, 6.45) is 3.48. The summed E-state index contributed by atoms with van der Waals surface area (Å²) >= 11 is 0. The van der Waals surface area contributed by atoms with Gasteiger partial charge in [0.15, 0.2) is 0 Å². The van der Waals surface area contributed by atoms with Crippen LogP contribution in [0, 0.1) is 0 Å². The number of esters is 2. The molecule has 4 heteroatoms. The molecule has 0 aromatic heterocycles. The van der Waals surface area contributed by atoms with Crippen molar-refractivity contribution in [3.8, 4) is 0 Å². The molecule has 0 saturated carbocycles. The summed E-state index contributed by atoms with van der Waals surface area (Å²) in [5.41, 5.74) is -0.475. The van der Waals surface area contributed by atoms with Crippen LogP contribution in [0.25, 0.3) is 0 Å². The Balaban J connectivity index is 3.69. The van der Waals surface area contributed by atoms with Crippen molar-refractivity contribution < 1.29 is 19.1 Å². The molecule has 0 amide bonds. The Morgan fingerprint density at radius 1 is 1.27 bits per heavy atom. The zero-order chi connectivity index (χ0) is 11.9. The van der Waals surface area contributed by atoms with E-state index in [0.29, 0.717) is 6.42 Å². The number of ether oxygens (including phenoxy) is 2. The minimum absolute atomic E-state index is 0.286.